The summed E-state index contributed by atoms with van der Waals surface area (Å²) in [5, 5.41) is 3.89. The molecule has 0 spiro atoms. The second-order valence-electron chi connectivity index (χ2n) is 4.53. The van der Waals surface area contributed by atoms with Crippen LogP contribution in [0.5, 0.6) is 5.75 Å². The van der Waals surface area contributed by atoms with Gasteiger partial charge in [-0.15, -0.1) is 11.3 Å². The van der Waals surface area contributed by atoms with E-state index in [0.717, 1.165) is 22.1 Å². The topological polar surface area (TPSA) is 51.2 Å². The summed E-state index contributed by atoms with van der Waals surface area (Å²) in [6, 6.07) is 7.30. The van der Waals surface area contributed by atoms with Crippen molar-refractivity contribution in [1.29, 1.82) is 0 Å². The number of rotatable bonds is 5. The lowest BCUT2D eigenvalue weighted by molar-refractivity contribution is -0.116. The molecule has 4 nitrogen and oxygen atoms in total. The summed E-state index contributed by atoms with van der Waals surface area (Å²) >= 11 is 1.66. The van der Waals surface area contributed by atoms with Crippen LogP contribution in [0.25, 0.3) is 0 Å². The monoisotopic (exact) mass is 290 g/mol. The molecule has 0 atom stereocenters. The zero-order valence-electron chi connectivity index (χ0n) is 11.9. The molecule has 0 saturated carbocycles. The molecular formula is C15H18N2O2S. The molecule has 106 valence electrons. The van der Waals surface area contributed by atoms with Crippen molar-refractivity contribution in [2.24, 2.45) is 0 Å². The fraction of sp³-hybridized carbons (Fsp3) is 0.333. The third-order valence-corrected chi connectivity index (χ3v) is 4.15. The summed E-state index contributed by atoms with van der Waals surface area (Å²) < 4.78 is 5.07. The van der Waals surface area contributed by atoms with E-state index in [1.807, 2.05) is 38.1 Å². The van der Waals surface area contributed by atoms with Gasteiger partial charge in [0, 0.05) is 23.4 Å². The number of ether oxygens (including phenoxy) is 1. The lowest BCUT2D eigenvalue weighted by Crippen LogP contribution is -2.12. The number of aromatic nitrogens is 1. The highest BCUT2D eigenvalue weighted by molar-refractivity contribution is 7.11. The first-order valence-corrected chi connectivity index (χ1v) is 7.27. The Morgan fingerprint density at radius 2 is 2.00 bits per heavy atom. The number of anilines is 1. The van der Waals surface area contributed by atoms with Crippen molar-refractivity contribution in [3.05, 3.63) is 39.8 Å². The molecule has 0 radical (unpaired) electrons. The molecule has 1 aromatic carbocycles. The van der Waals surface area contributed by atoms with Crippen molar-refractivity contribution < 1.29 is 9.53 Å². The third-order valence-electron chi connectivity index (χ3n) is 3.01. The molecule has 0 saturated heterocycles. The van der Waals surface area contributed by atoms with Crippen LogP contribution < -0.4 is 10.1 Å². The highest BCUT2D eigenvalue weighted by atomic mass is 32.1. The number of carbonyl (C=O) groups is 1. The number of nitrogens with one attached hydrogen (secondary N) is 1. The van der Waals surface area contributed by atoms with E-state index in [2.05, 4.69) is 10.3 Å². The minimum absolute atomic E-state index is 0.000623. The normalized spacial score (nSPS) is 10.3. The quantitative estimate of drug-likeness (QED) is 0.919. The van der Waals surface area contributed by atoms with E-state index in [1.54, 1.807) is 18.4 Å². The molecular weight excluding hydrogens is 272 g/mol. The maximum Gasteiger partial charge on any atom is 0.224 e. The lowest BCUT2D eigenvalue weighted by Gasteiger charge is -2.05. The highest BCUT2D eigenvalue weighted by Crippen LogP contribution is 2.18. The van der Waals surface area contributed by atoms with Crippen LogP contribution in [0.4, 0.5) is 5.69 Å². The smallest absolute Gasteiger partial charge is 0.224 e. The van der Waals surface area contributed by atoms with E-state index < -0.39 is 0 Å². The molecule has 0 bridgehead atoms. The highest BCUT2D eigenvalue weighted by Gasteiger charge is 2.07. The van der Waals surface area contributed by atoms with Crippen LogP contribution in [0.15, 0.2) is 24.3 Å². The summed E-state index contributed by atoms with van der Waals surface area (Å²) in [5.41, 5.74) is 1.84. The van der Waals surface area contributed by atoms with Crippen molar-refractivity contribution in [3.63, 3.8) is 0 Å². The minimum Gasteiger partial charge on any atom is -0.497 e. The fourth-order valence-electron chi connectivity index (χ4n) is 1.76. The molecule has 0 fully saturated rings. The molecule has 2 aromatic rings. The molecule has 0 aliphatic rings. The number of nitrogens with zero attached hydrogens (tertiary/aromatic N) is 1. The van der Waals surface area contributed by atoms with Gasteiger partial charge in [-0.05, 0) is 38.1 Å². The second kappa shape index (κ2) is 6.52. The van der Waals surface area contributed by atoms with Crippen LogP contribution in [0.1, 0.15) is 22.0 Å². The van der Waals surface area contributed by atoms with E-state index >= 15 is 0 Å². The van der Waals surface area contributed by atoms with Gasteiger partial charge in [0.05, 0.1) is 17.8 Å². The van der Waals surface area contributed by atoms with Gasteiger partial charge in [0.2, 0.25) is 5.91 Å². The molecule has 2 rings (SSSR count). The fourth-order valence-corrected chi connectivity index (χ4v) is 2.70. The summed E-state index contributed by atoms with van der Waals surface area (Å²) in [4.78, 5) is 17.5. The Morgan fingerprint density at radius 1 is 1.30 bits per heavy atom. The molecule has 1 heterocycles. The number of amides is 1. The first-order chi connectivity index (χ1) is 9.58. The Hall–Kier alpha value is -1.88. The number of thiazole rings is 1. The van der Waals surface area contributed by atoms with Crippen LogP contribution in [0.3, 0.4) is 0 Å². The van der Waals surface area contributed by atoms with Gasteiger partial charge in [-0.3, -0.25) is 4.79 Å². The Bertz CT molecular complexity index is 571. The third kappa shape index (κ3) is 3.81. The Morgan fingerprint density at radius 3 is 2.55 bits per heavy atom. The Kier molecular flexibility index (Phi) is 4.74. The van der Waals surface area contributed by atoms with E-state index in [1.165, 1.54) is 4.88 Å². The lowest BCUT2D eigenvalue weighted by atomic mass is 10.2. The zero-order chi connectivity index (χ0) is 14.5. The Labute approximate surface area is 122 Å². The zero-order valence-corrected chi connectivity index (χ0v) is 12.7. The molecule has 1 aromatic heterocycles. The van der Waals surface area contributed by atoms with E-state index in [-0.39, 0.29) is 5.91 Å². The van der Waals surface area contributed by atoms with Gasteiger partial charge in [-0.1, -0.05) is 0 Å². The van der Waals surface area contributed by atoms with Gasteiger partial charge >= 0.3 is 0 Å². The average Bonchev–Trinajstić information content (AvgIpc) is 2.76. The van der Waals surface area contributed by atoms with Gasteiger partial charge in [0.25, 0.3) is 0 Å². The van der Waals surface area contributed by atoms with Crippen molar-refractivity contribution in [3.8, 4) is 5.75 Å². The molecule has 5 heteroatoms. The number of hydrogen-bond donors (Lipinski definition) is 1. The Balaban J connectivity index is 1.85. The van der Waals surface area contributed by atoms with Crippen LogP contribution in [-0.4, -0.2) is 18.0 Å². The predicted molar refractivity (Wildman–Crippen MR) is 81.5 cm³/mol. The van der Waals surface area contributed by atoms with E-state index in [4.69, 9.17) is 4.74 Å². The maximum absolute atomic E-state index is 11.9. The van der Waals surface area contributed by atoms with Crippen molar-refractivity contribution in [2.45, 2.75) is 26.7 Å². The van der Waals surface area contributed by atoms with Crippen molar-refractivity contribution in [2.75, 3.05) is 12.4 Å². The van der Waals surface area contributed by atoms with Crippen molar-refractivity contribution in [1.82, 2.24) is 4.98 Å². The maximum atomic E-state index is 11.9. The first-order valence-electron chi connectivity index (χ1n) is 6.45. The molecule has 0 aliphatic carbocycles. The largest absolute Gasteiger partial charge is 0.497 e. The van der Waals surface area contributed by atoms with Crippen LogP contribution in [0, 0.1) is 13.8 Å². The number of benzene rings is 1. The first kappa shape index (κ1) is 14.5. The van der Waals surface area contributed by atoms with Gasteiger partial charge in [0.1, 0.15) is 5.75 Å². The molecule has 0 aliphatic heterocycles. The van der Waals surface area contributed by atoms with Crippen molar-refractivity contribution >= 4 is 22.9 Å². The molecule has 1 N–H and O–H groups in total. The summed E-state index contributed by atoms with van der Waals surface area (Å²) in [5.74, 6) is 0.775. The summed E-state index contributed by atoms with van der Waals surface area (Å²) in [7, 11) is 1.62. The van der Waals surface area contributed by atoms with Gasteiger partial charge in [0.15, 0.2) is 0 Å². The molecule has 0 unspecified atom stereocenters. The second-order valence-corrected chi connectivity index (χ2v) is 5.81. The van der Waals surface area contributed by atoms with Gasteiger partial charge in [-0.2, -0.15) is 0 Å². The summed E-state index contributed by atoms with van der Waals surface area (Å²) in [6.45, 7) is 4.04. The van der Waals surface area contributed by atoms with E-state index in [9.17, 15) is 4.79 Å². The average molecular weight is 290 g/mol. The molecule has 20 heavy (non-hydrogen) atoms. The van der Waals surface area contributed by atoms with Crippen LogP contribution in [0.2, 0.25) is 0 Å². The summed E-state index contributed by atoms with van der Waals surface area (Å²) in [6.07, 6.45) is 1.12. The van der Waals surface area contributed by atoms with Crippen LogP contribution >= 0.6 is 11.3 Å². The minimum atomic E-state index is 0.000623. The predicted octanol–water partition coefficient (Wildman–Crippen LogP) is 3.34. The number of carbonyl (C=O) groups excluding carboxylic acids is 1. The molecule has 1 amide bonds. The number of hydrogen-bond acceptors (Lipinski definition) is 4. The number of methoxy groups -OCH3 is 1. The number of aryl methyl sites for hydroxylation is 3. The van der Waals surface area contributed by atoms with Crippen LogP contribution in [-0.2, 0) is 11.2 Å². The van der Waals surface area contributed by atoms with Gasteiger partial charge < -0.3 is 10.1 Å². The standard InChI is InChI=1S/C15H18N2O2S/c1-10-11(2)20-15(16-10)9-8-14(18)17-12-4-6-13(19-3)7-5-12/h4-7H,8-9H2,1-3H3,(H,17,18). The SMILES string of the molecule is COc1ccc(NC(=O)CCc2nc(C)c(C)s2)cc1. The van der Waals surface area contributed by atoms with Gasteiger partial charge in [-0.25, -0.2) is 4.98 Å². The van der Waals surface area contributed by atoms with E-state index in [0.29, 0.717) is 12.8 Å².